The highest BCUT2D eigenvalue weighted by atomic mass is 16.5. The molecule has 1 atom stereocenters. The van der Waals surface area contributed by atoms with Crippen molar-refractivity contribution < 1.29 is 19.2 Å². The van der Waals surface area contributed by atoms with Crippen LogP contribution in [0.25, 0.3) is 0 Å². The van der Waals surface area contributed by atoms with E-state index in [0.29, 0.717) is 29.3 Å². The van der Waals surface area contributed by atoms with Crippen LogP contribution in [0.4, 0.5) is 11.5 Å². The van der Waals surface area contributed by atoms with E-state index < -0.39 is 17.0 Å². The van der Waals surface area contributed by atoms with Gasteiger partial charge in [-0.3, -0.25) is 23.5 Å². The minimum Gasteiger partial charge on any atom is -0.497 e. The summed E-state index contributed by atoms with van der Waals surface area (Å²) in [5.74, 6) is -0.351. The first-order chi connectivity index (χ1) is 14.2. The summed E-state index contributed by atoms with van der Waals surface area (Å²) in [4.78, 5) is 50.3. The number of amides is 1. The Morgan fingerprint density at radius 3 is 2.57 bits per heavy atom. The molecule has 0 aliphatic heterocycles. The van der Waals surface area contributed by atoms with Crippen LogP contribution in [-0.2, 0) is 18.4 Å². The van der Waals surface area contributed by atoms with Crippen molar-refractivity contribution >= 4 is 23.2 Å². The number of likely N-dealkylation sites (N-methyl/N-ethyl adjacent to an activating group) is 1. The number of nitrogens with one attached hydrogen (secondary N) is 2. The second-order valence-corrected chi connectivity index (χ2v) is 7.07. The first-order valence-electron chi connectivity index (χ1n) is 9.57. The number of rotatable bonds is 9. The van der Waals surface area contributed by atoms with Gasteiger partial charge in [-0.05, 0) is 18.6 Å². The minimum absolute atomic E-state index is 0.00221. The molecular weight excluding hydrogens is 390 g/mol. The molecule has 10 nitrogen and oxygen atoms in total. The quantitative estimate of drug-likeness (QED) is 0.443. The average Bonchev–Trinajstić information content (AvgIpc) is 2.69. The number of carbonyl (C=O) groups is 2. The Morgan fingerprint density at radius 2 is 1.93 bits per heavy atom. The molecule has 2 aromatic rings. The summed E-state index contributed by atoms with van der Waals surface area (Å²) >= 11 is 0. The Kier molecular flexibility index (Phi) is 7.54. The van der Waals surface area contributed by atoms with Crippen molar-refractivity contribution in [2.45, 2.75) is 19.9 Å². The van der Waals surface area contributed by atoms with E-state index in [1.165, 1.54) is 18.7 Å². The number of ketones is 1. The van der Waals surface area contributed by atoms with Crippen molar-refractivity contribution in [3.8, 4) is 5.75 Å². The summed E-state index contributed by atoms with van der Waals surface area (Å²) in [6.45, 7) is 2.02. The van der Waals surface area contributed by atoms with E-state index in [-0.39, 0.29) is 30.4 Å². The monoisotopic (exact) mass is 418 g/mol. The van der Waals surface area contributed by atoms with Gasteiger partial charge in [0.25, 0.3) is 11.5 Å². The van der Waals surface area contributed by atoms with Gasteiger partial charge in [0, 0.05) is 25.3 Å². The maximum absolute atomic E-state index is 12.8. The molecule has 2 rings (SSSR count). The largest absolute Gasteiger partial charge is 0.497 e. The van der Waals surface area contributed by atoms with Gasteiger partial charge in [-0.25, -0.2) is 4.79 Å². The lowest BCUT2D eigenvalue weighted by Crippen LogP contribution is -3.11. The molecule has 162 valence electrons. The number of carbonyl (C=O) groups excluding carboxylic acids is 2. The number of methoxy groups -OCH3 is 1. The van der Waals surface area contributed by atoms with Crippen molar-refractivity contribution in [1.82, 2.24) is 9.13 Å². The molecule has 4 N–H and O–H groups in total. The minimum atomic E-state index is -0.733. The van der Waals surface area contributed by atoms with E-state index >= 15 is 0 Å². The highest BCUT2D eigenvalue weighted by Crippen LogP contribution is 2.16. The highest BCUT2D eigenvalue weighted by molar-refractivity contribution is 6.00. The lowest BCUT2D eigenvalue weighted by Gasteiger charge is -2.16. The van der Waals surface area contributed by atoms with Crippen molar-refractivity contribution in [1.29, 1.82) is 0 Å². The van der Waals surface area contributed by atoms with Crippen LogP contribution in [0.3, 0.4) is 0 Å². The zero-order valence-electron chi connectivity index (χ0n) is 17.7. The van der Waals surface area contributed by atoms with Crippen LogP contribution in [0.1, 0.15) is 23.7 Å². The SMILES string of the molecule is CCCn1c(N)c(C(=O)C[NH+](C)CC(=O)Nc2cccc(OC)c2)c(=O)n(C)c1=O. The van der Waals surface area contributed by atoms with Crippen molar-refractivity contribution in [2.24, 2.45) is 7.05 Å². The predicted molar refractivity (Wildman–Crippen MR) is 113 cm³/mol. The first kappa shape index (κ1) is 22.9. The predicted octanol–water partition coefficient (Wildman–Crippen LogP) is -1.12. The molecule has 0 bridgehead atoms. The zero-order valence-corrected chi connectivity index (χ0v) is 17.7. The van der Waals surface area contributed by atoms with Crippen LogP contribution in [0.15, 0.2) is 33.9 Å². The van der Waals surface area contributed by atoms with E-state index in [1.54, 1.807) is 31.3 Å². The van der Waals surface area contributed by atoms with Gasteiger partial charge in [-0.1, -0.05) is 13.0 Å². The highest BCUT2D eigenvalue weighted by Gasteiger charge is 2.24. The normalized spacial score (nSPS) is 11.7. The molecule has 0 fully saturated rings. The number of hydrogen-bond acceptors (Lipinski definition) is 6. The number of ether oxygens (including phenoxy) is 1. The number of nitrogen functional groups attached to an aromatic ring is 1. The Hall–Kier alpha value is -3.40. The molecule has 0 saturated heterocycles. The summed E-state index contributed by atoms with van der Waals surface area (Å²) in [6, 6.07) is 6.91. The summed E-state index contributed by atoms with van der Waals surface area (Å²) in [7, 11) is 4.50. The number of hydrogen-bond donors (Lipinski definition) is 3. The van der Waals surface area contributed by atoms with Crippen LogP contribution in [-0.4, -0.2) is 48.1 Å². The third kappa shape index (κ3) is 5.15. The number of nitrogens with two attached hydrogens (primary N) is 1. The molecule has 0 spiro atoms. The van der Waals surface area contributed by atoms with Gasteiger partial charge in [0.2, 0.25) is 5.78 Å². The van der Waals surface area contributed by atoms with Crippen LogP contribution < -0.4 is 31.9 Å². The lowest BCUT2D eigenvalue weighted by molar-refractivity contribution is -0.861. The maximum atomic E-state index is 12.8. The van der Waals surface area contributed by atoms with E-state index in [4.69, 9.17) is 10.5 Å². The fraction of sp³-hybridized carbons (Fsp3) is 0.400. The fourth-order valence-corrected chi connectivity index (χ4v) is 3.09. The molecule has 1 aromatic carbocycles. The smallest absolute Gasteiger partial charge is 0.332 e. The molecular formula is C20H28N5O5+. The van der Waals surface area contributed by atoms with Crippen LogP contribution >= 0.6 is 0 Å². The van der Waals surface area contributed by atoms with E-state index in [9.17, 15) is 19.2 Å². The molecule has 0 radical (unpaired) electrons. The van der Waals surface area contributed by atoms with Crippen LogP contribution in [0.2, 0.25) is 0 Å². The summed E-state index contributed by atoms with van der Waals surface area (Å²) < 4.78 is 7.22. The van der Waals surface area contributed by atoms with Gasteiger partial charge >= 0.3 is 5.69 Å². The van der Waals surface area contributed by atoms with Crippen LogP contribution in [0, 0.1) is 0 Å². The Bertz CT molecular complexity index is 1060. The molecule has 0 aliphatic carbocycles. The number of nitrogens with zero attached hydrogens (tertiary/aromatic N) is 2. The lowest BCUT2D eigenvalue weighted by atomic mass is 10.1. The Morgan fingerprint density at radius 1 is 1.23 bits per heavy atom. The molecule has 1 aromatic heterocycles. The fourth-order valence-electron chi connectivity index (χ4n) is 3.09. The number of Topliss-reactive ketones (excluding diaryl/α,β-unsaturated/α-hetero) is 1. The van der Waals surface area contributed by atoms with Crippen LogP contribution in [0.5, 0.6) is 5.75 Å². The van der Waals surface area contributed by atoms with Crippen molar-refractivity contribution in [3.63, 3.8) is 0 Å². The second kappa shape index (κ2) is 9.88. The van der Waals surface area contributed by atoms with Gasteiger partial charge in [0.1, 0.15) is 23.7 Å². The van der Waals surface area contributed by atoms with E-state index in [1.807, 2.05) is 6.92 Å². The van der Waals surface area contributed by atoms with Gasteiger partial charge in [0.15, 0.2) is 6.54 Å². The number of anilines is 2. The van der Waals surface area contributed by atoms with Gasteiger partial charge in [-0.15, -0.1) is 0 Å². The standard InChI is InChI=1S/C20H27N5O5/c1-5-9-25-18(21)17(19(28)24(3)20(25)29)15(26)11-23(2)12-16(27)22-13-7-6-8-14(10-13)30-4/h6-8,10H,5,9,11-12,21H2,1-4H3,(H,22,27)/p+1. The van der Waals surface area contributed by atoms with Crippen molar-refractivity contribution in [3.05, 3.63) is 50.7 Å². The second-order valence-electron chi connectivity index (χ2n) is 7.07. The summed E-state index contributed by atoms with van der Waals surface area (Å²) in [5.41, 5.74) is 5.03. The van der Waals surface area contributed by atoms with Gasteiger partial charge in [-0.2, -0.15) is 0 Å². The first-order valence-corrected chi connectivity index (χ1v) is 9.57. The molecule has 1 unspecified atom stereocenters. The average molecular weight is 418 g/mol. The zero-order chi connectivity index (χ0) is 22.4. The Balaban J connectivity index is 2.13. The molecule has 0 aliphatic rings. The molecule has 1 heterocycles. The number of benzene rings is 1. The molecule has 0 saturated carbocycles. The van der Waals surface area contributed by atoms with E-state index in [0.717, 1.165) is 4.57 Å². The van der Waals surface area contributed by atoms with Gasteiger partial charge in [0.05, 0.1) is 14.2 Å². The number of aromatic nitrogens is 2. The third-order valence-electron chi connectivity index (χ3n) is 4.59. The Labute approximate surface area is 173 Å². The molecule has 30 heavy (non-hydrogen) atoms. The summed E-state index contributed by atoms with van der Waals surface area (Å²) in [6.07, 6.45) is 0.617. The topological polar surface area (TPSA) is 130 Å². The van der Waals surface area contributed by atoms with E-state index in [2.05, 4.69) is 5.32 Å². The maximum Gasteiger partial charge on any atom is 0.332 e. The number of quaternary nitrogens is 1. The third-order valence-corrected chi connectivity index (χ3v) is 4.59. The molecule has 1 amide bonds. The molecule has 10 heteroatoms. The van der Waals surface area contributed by atoms with Crippen molar-refractivity contribution in [2.75, 3.05) is 38.3 Å². The summed E-state index contributed by atoms with van der Waals surface area (Å²) in [5, 5.41) is 2.74. The van der Waals surface area contributed by atoms with Gasteiger partial charge < -0.3 is 20.7 Å².